The Hall–Kier alpha value is -1.84. The van der Waals surface area contributed by atoms with E-state index >= 15 is 0 Å². The van der Waals surface area contributed by atoms with E-state index in [4.69, 9.17) is 0 Å². The number of piperazine rings is 1. The quantitative estimate of drug-likeness (QED) is 0.904. The van der Waals surface area contributed by atoms with Gasteiger partial charge in [-0.15, -0.1) is 0 Å². The number of carbonyl (C=O) groups is 2. The van der Waals surface area contributed by atoms with Gasteiger partial charge in [-0.3, -0.25) is 9.59 Å². The molecule has 3 unspecified atom stereocenters. The first-order valence-corrected chi connectivity index (χ1v) is 7.73. The van der Waals surface area contributed by atoms with Crippen LogP contribution in [0.25, 0.3) is 0 Å². The van der Waals surface area contributed by atoms with Gasteiger partial charge >= 0.3 is 0 Å². The fraction of sp³-hybridized carbons (Fsp3) is 0.529. The van der Waals surface area contributed by atoms with Crippen molar-refractivity contribution in [1.82, 2.24) is 10.2 Å². The number of rotatable bonds is 5. The van der Waals surface area contributed by atoms with Crippen LogP contribution >= 0.6 is 0 Å². The van der Waals surface area contributed by atoms with Gasteiger partial charge in [-0.05, 0) is 17.9 Å². The Kier molecular flexibility index (Phi) is 4.99. The standard InChI is InChI=1S/C17H24N2O2/c1-4-12(3)15-16(20)18-14(5-2)17(21)19(15)11-13-9-7-6-8-10-13/h6-10,12,14-15H,4-5,11H2,1-3H3,(H,18,20). The van der Waals surface area contributed by atoms with E-state index in [-0.39, 0.29) is 29.8 Å². The van der Waals surface area contributed by atoms with Gasteiger partial charge in [0.25, 0.3) is 0 Å². The van der Waals surface area contributed by atoms with Gasteiger partial charge in [0, 0.05) is 6.54 Å². The highest BCUT2D eigenvalue weighted by Crippen LogP contribution is 2.23. The monoisotopic (exact) mass is 288 g/mol. The lowest BCUT2D eigenvalue weighted by molar-refractivity contribution is -0.152. The van der Waals surface area contributed by atoms with E-state index in [9.17, 15) is 9.59 Å². The summed E-state index contributed by atoms with van der Waals surface area (Å²) in [6.07, 6.45) is 1.50. The van der Waals surface area contributed by atoms with Crippen LogP contribution in [0.5, 0.6) is 0 Å². The van der Waals surface area contributed by atoms with E-state index in [1.54, 1.807) is 4.90 Å². The number of hydrogen-bond acceptors (Lipinski definition) is 2. The first kappa shape index (κ1) is 15.5. The molecule has 4 nitrogen and oxygen atoms in total. The molecule has 114 valence electrons. The Bertz CT molecular complexity index is 501. The van der Waals surface area contributed by atoms with Crippen LogP contribution in [0.4, 0.5) is 0 Å². The largest absolute Gasteiger partial charge is 0.343 e. The third-order valence-electron chi connectivity index (χ3n) is 4.29. The highest BCUT2D eigenvalue weighted by atomic mass is 16.2. The van der Waals surface area contributed by atoms with E-state index in [1.165, 1.54) is 0 Å². The Morgan fingerprint density at radius 3 is 2.43 bits per heavy atom. The number of benzene rings is 1. The zero-order valence-electron chi connectivity index (χ0n) is 13.0. The molecule has 1 aliphatic rings. The lowest BCUT2D eigenvalue weighted by atomic mass is 9.92. The molecule has 0 spiro atoms. The fourth-order valence-corrected chi connectivity index (χ4v) is 2.82. The molecule has 0 aromatic heterocycles. The van der Waals surface area contributed by atoms with Crippen LogP contribution in [0.3, 0.4) is 0 Å². The highest BCUT2D eigenvalue weighted by Gasteiger charge is 2.41. The fourth-order valence-electron chi connectivity index (χ4n) is 2.82. The SMILES string of the molecule is CCC1NC(=O)C(C(C)CC)N(Cc2ccccc2)C1=O. The van der Waals surface area contributed by atoms with E-state index in [0.717, 1.165) is 12.0 Å². The molecule has 3 atom stereocenters. The van der Waals surface area contributed by atoms with Gasteiger partial charge in [0.2, 0.25) is 11.8 Å². The molecule has 2 rings (SSSR count). The molecular weight excluding hydrogens is 264 g/mol. The third-order valence-corrected chi connectivity index (χ3v) is 4.29. The number of nitrogens with zero attached hydrogens (tertiary/aromatic N) is 1. The molecule has 1 aromatic carbocycles. The van der Waals surface area contributed by atoms with Crippen molar-refractivity contribution >= 4 is 11.8 Å². The number of carbonyl (C=O) groups excluding carboxylic acids is 2. The minimum absolute atomic E-state index is 0.0215. The average Bonchev–Trinajstić information content (AvgIpc) is 2.51. The van der Waals surface area contributed by atoms with E-state index in [2.05, 4.69) is 12.2 Å². The summed E-state index contributed by atoms with van der Waals surface area (Å²) in [5, 5.41) is 2.87. The third kappa shape index (κ3) is 3.26. The zero-order chi connectivity index (χ0) is 15.4. The topological polar surface area (TPSA) is 49.4 Å². The Balaban J connectivity index is 2.28. The molecule has 0 aliphatic carbocycles. The highest BCUT2D eigenvalue weighted by molar-refractivity contribution is 5.97. The summed E-state index contributed by atoms with van der Waals surface area (Å²) in [7, 11) is 0. The molecule has 0 radical (unpaired) electrons. The summed E-state index contributed by atoms with van der Waals surface area (Å²) in [5.74, 6) is 0.161. The van der Waals surface area contributed by atoms with Crippen LogP contribution < -0.4 is 5.32 Å². The van der Waals surface area contributed by atoms with Gasteiger partial charge in [0.1, 0.15) is 12.1 Å². The smallest absolute Gasteiger partial charge is 0.246 e. The maximum absolute atomic E-state index is 12.6. The van der Waals surface area contributed by atoms with Crippen LogP contribution in [-0.4, -0.2) is 28.8 Å². The lowest BCUT2D eigenvalue weighted by Gasteiger charge is -2.41. The molecular formula is C17H24N2O2. The summed E-state index contributed by atoms with van der Waals surface area (Å²) in [6.45, 7) is 6.50. The van der Waals surface area contributed by atoms with Crippen molar-refractivity contribution in [2.75, 3.05) is 0 Å². The van der Waals surface area contributed by atoms with Crippen molar-refractivity contribution in [1.29, 1.82) is 0 Å². The Morgan fingerprint density at radius 1 is 1.19 bits per heavy atom. The molecule has 4 heteroatoms. The Morgan fingerprint density at radius 2 is 1.86 bits per heavy atom. The molecule has 1 fully saturated rings. The molecule has 0 saturated carbocycles. The Labute approximate surface area is 126 Å². The van der Waals surface area contributed by atoms with Crippen LogP contribution in [0, 0.1) is 5.92 Å². The predicted octanol–water partition coefficient (Wildman–Crippen LogP) is 2.34. The molecule has 1 heterocycles. The minimum Gasteiger partial charge on any atom is -0.343 e. The van der Waals surface area contributed by atoms with Gasteiger partial charge in [-0.1, -0.05) is 57.5 Å². The van der Waals surface area contributed by atoms with Crippen molar-refractivity contribution < 1.29 is 9.59 Å². The number of nitrogens with one attached hydrogen (secondary N) is 1. The number of amides is 2. The second-order valence-corrected chi connectivity index (χ2v) is 5.75. The summed E-state index contributed by atoms with van der Waals surface area (Å²) in [6, 6.07) is 9.10. The van der Waals surface area contributed by atoms with Crippen LogP contribution in [0.15, 0.2) is 30.3 Å². The minimum atomic E-state index is -0.387. The van der Waals surface area contributed by atoms with Crippen molar-refractivity contribution in [3.63, 3.8) is 0 Å². The zero-order valence-corrected chi connectivity index (χ0v) is 13.0. The first-order chi connectivity index (χ1) is 10.1. The van der Waals surface area contributed by atoms with Crippen LogP contribution in [0.1, 0.15) is 39.2 Å². The van der Waals surface area contributed by atoms with Crippen LogP contribution in [0.2, 0.25) is 0 Å². The molecule has 1 aliphatic heterocycles. The molecule has 1 aromatic rings. The van der Waals surface area contributed by atoms with Gasteiger partial charge in [-0.2, -0.15) is 0 Å². The number of hydrogen-bond donors (Lipinski definition) is 1. The van der Waals surface area contributed by atoms with Gasteiger partial charge < -0.3 is 10.2 Å². The molecule has 21 heavy (non-hydrogen) atoms. The predicted molar refractivity (Wildman–Crippen MR) is 82.5 cm³/mol. The lowest BCUT2D eigenvalue weighted by Crippen LogP contribution is -2.64. The molecule has 2 amide bonds. The average molecular weight is 288 g/mol. The molecule has 1 saturated heterocycles. The van der Waals surface area contributed by atoms with E-state index in [1.807, 2.05) is 44.2 Å². The first-order valence-electron chi connectivity index (χ1n) is 7.73. The molecule has 1 N–H and O–H groups in total. The summed E-state index contributed by atoms with van der Waals surface area (Å²) < 4.78 is 0. The second-order valence-electron chi connectivity index (χ2n) is 5.75. The summed E-state index contributed by atoms with van der Waals surface area (Å²) in [4.78, 5) is 26.8. The van der Waals surface area contributed by atoms with Gasteiger partial charge in [0.15, 0.2) is 0 Å². The maximum Gasteiger partial charge on any atom is 0.246 e. The van der Waals surface area contributed by atoms with E-state index < -0.39 is 0 Å². The van der Waals surface area contributed by atoms with Crippen molar-refractivity contribution in [2.45, 2.75) is 52.2 Å². The van der Waals surface area contributed by atoms with Crippen molar-refractivity contribution in [3.8, 4) is 0 Å². The molecule has 0 bridgehead atoms. The van der Waals surface area contributed by atoms with Gasteiger partial charge in [0.05, 0.1) is 0 Å². The van der Waals surface area contributed by atoms with Crippen molar-refractivity contribution in [2.24, 2.45) is 5.92 Å². The van der Waals surface area contributed by atoms with Gasteiger partial charge in [-0.25, -0.2) is 0 Å². The maximum atomic E-state index is 12.6. The summed E-state index contributed by atoms with van der Waals surface area (Å²) in [5.41, 5.74) is 1.06. The second kappa shape index (κ2) is 6.74. The van der Waals surface area contributed by atoms with E-state index in [0.29, 0.717) is 13.0 Å². The summed E-state index contributed by atoms with van der Waals surface area (Å²) >= 11 is 0. The van der Waals surface area contributed by atoms with Crippen molar-refractivity contribution in [3.05, 3.63) is 35.9 Å². The normalized spacial score (nSPS) is 23.9. The van der Waals surface area contributed by atoms with Crippen LogP contribution in [-0.2, 0) is 16.1 Å².